The Hall–Kier alpha value is -3.55. The molecule has 3 heterocycles. The van der Waals surface area contributed by atoms with Gasteiger partial charge in [-0.1, -0.05) is 12.8 Å². The van der Waals surface area contributed by atoms with Crippen molar-refractivity contribution in [3.63, 3.8) is 0 Å². The van der Waals surface area contributed by atoms with E-state index in [1.165, 1.54) is 4.90 Å². The highest BCUT2D eigenvalue weighted by molar-refractivity contribution is 7.89. The summed E-state index contributed by atoms with van der Waals surface area (Å²) in [6.07, 6.45) is 10.7. The first-order valence-electron chi connectivity index (χ1n) is 16.0. The Labute approximate surface area is 263 Å². The molecular weight excluding hydrogens is 596 g/mol. The number of hydrogen-bond donors (Lipinski definition) is 3. The number of carboxylic acid groups (broad SMARTS) is 1. The van der Waals surface area contributed by atoms with Gasteiger partial charge in [-0.15, -0.1) is 0 Å². The van der Waals surface area contributed by atoms with E-state index in [1.54, 1.807) is 41.1 Å². The van der Waals surface area contributed by atoms with Crippen molar-refractivity contribution >= 4 is 38.8 Å². The Morgan fingerprint density at radius 1 is 1.07 bits per heavy atom. The predicted molar refractivity (Wildman–Crippen MR) is 170 cm³/mol. The summed E-state index contributed by atoms with van der Waals surface area (Å²) >= 11 is 0. The Kier molecular flexibility index (Phi) is 9.12. The second kappa shape index (κ2) is 13.1. The van der Waals surface area contributed by atoms with Crippen LogP contribution in [0, 0.1) is 12.3 Å². The zero-order valence-corrected chi connectivity index (χ0v) is 26.5. The minimum Gasteiger partial charge on any atom is -0.465 e. The Balaban J connectivity index is 1.02. The molecule has 13 heteroatoms. The number of aromatic nitrogens is 3. The maximum atomic E-state index is 13.0. The number of aryl methyl sites for hydroxylation is 1. The number of hydrogen-bond acceptors (Lipinski definition) is 8. The van der Waals surface area contributed by atoms with Crippen molar-refractivity contribution in [2.75, 3.05) is 31.6 Å². The van der Waals surface area contributed by atoms with Gasteiger partial charge >= 0.3 is 6.09 Å². The van der Waals surface area contributed by atoms with E-state index in [-0.39, 0.29) is 41.2 Å². The van der Waals surface area contributed by atoms with Gasteiger partial charge in [-0.2, -0.15) is 4.98 Å². The Morgan fingerprint density at radius 2 is 1.80 bits per heavy atom. The zero-order chi connectivity index (χ0) is 31.6. The molecule has 6 rings (SSSR count). The van der Waals surface area contributed by atoms with Crippen LogP contribution >= 0.6 is 0 Å². The number of anilines is 2. The summed E-state index contributed by atoms with van der Waals surface area (Å²) in [7, 11) is -3.74. The average molecular weight is 639 g/mol. The normalized spacial score (nSPS) is 19.4. The first-order valence-corrected chi connectivity index (χ1v) is 17.5. The number of sulfonamides is 1. The molecule has 0 radical (unpaired) electrons. The van der Waals surface area contributed by atoms with Gasteiger partial charge in [0.25, 0.3) is 5.56 Å². The molecule has 45 heavy (non-hydrogen) atoms. The molecule has 0 bridgehead atoms. The van der Waals surface area contributed by atoms with Crippen LogP contribution in [0.4, 0.5) is 16.4 Å². The van der Waals surface area contributed by atoms with Crippen LogP contribution in [0.1, 0.15) is 75.8 Å². The first kappa shape index (κ1) is 31.4. The smallest absolute Gasteiger partial charge is 0.407 e. The minimum atomic E-state index is -3.74. The fourth-order valence-electron chi connectivity index (χ4n) is 7.21. The highest BCUT2D eigenvalue weighted by Gasteiger charge is 2.39. The minimum absolute atomic E-state index is 0.0648. The second-order valence-corrected chi connectivity index (χ2v) is 14.6. The fourth-order valence-corrected chi connectivity index (χ4v) is 8.30. The molecule has 1 aliphatic heterocycles. The third-order valence-corrected chi connectivity index (χ3v) is 11.4. The molecule has 12 nitrogen and oxygen atoms in total. The van der Waals surface area contributed by atoms with Crippen molar-refractivity contribution in [1.29, 1.82) is 0 Å². The molecule has 2 saturated carbocycles. The molecule has 242 valence electrons. The van der Waals surface area contributed by atoms with Gasteiger partial charge in [0.2, 0.25) is 16.0 Å². The van der Waals surface area contributed by atoms with Crippen LogP contribution in [0.15, 0.2) is 46.2 Å². The van der Waals surface area contributed by atoms with Crippen LogP contribution in [-0.2, 0) is 14.8 Å². The molecule has 3 fully saturated rings. The molecule has 0 atom stereocenters. The van der Waals surface area contributed by atoms with Crippen LogP contribution < -0.4 is 15.6 Å². The number of nitrogens with zero attached hydrogens (tertiary/aromatic N) is 4. The number of nitrogens with one attached hydrogen (secondary N) is 2. The summed E-state index contributed by atoms with van der Waals surface area (Å²) in [5.41, 5.74) is 2.13. The topological polar surface area (TPSA) is 156 Å². The van der Waals surface area contributed by atoms with E-state index in [1.807, 2.05) is 6.92 Å². The fraction of sp³-hybridized carbons (Fsp3) is 0.562. The summed E-state index contributed by atoms with van der Waals surface area (Å²) in [5.74, 6) is 0.341. The van der Waals surface area contributed by atoms with Crippen LogP contribution in [-0.4, -0.2) is 71.4 Å². The highest BCUT2D eigenvalue weighted by Crippen LogP contribution is 2.45. The van der Waals surface area contributed by atoms with E-state index in [2.05, 4.69) is 20.0 Å². The van der Waals surface area contributed by atoms with Gasteiger partial charge in [0, 0.05) is 49.0 Å². The van der Waals surface area contributed by atoms with Crippen molar-refractivity contribution in [3.8, 4) is 0 Å². The highest BCUT2D eigenvalue weighted by atomic mass is 32.2. The van der Waals surface area contributed by atoms with E-state index < -0.39 is 16.1 Å². The maximum Gasteiger partial charge on any atom is 0.407 e. The molecule has 3 aromatic rings. The summed E-state index contributed by atoms with van der Waals surface area (Å²) in [6, 6.07) is 8.30. The molecule has 1 amide bonds. The van der Waals surface area contributed by atoms with Gasteiger partial charge in [0.1, 0.15) is 5.65 Å². The molecule has 0 unspecified atom stereocenters. The molecule has 2 aliphatic carbocycles. The number of fused-ring (bicyclic) bond motifs is 1. The molecule has 1 aromatic carbocycles. The van der Waals surface area contributed by atoms with Crippen LogP contribution in [0.3, 0.4) is 0 Å². The van der Waals surface area contributed by atoms with Gasteiger partial charge < -0.3 is 20.1 Å². The van der Waals surface area contributed by atoms with Crippen LogP contribution in [0.2, 0.25) is 0 Å². The molecular formula is C32H42N6O6S. The van der Waals surface area contributed by atoms with E-state index in [4.69, 9.17) is 4.74 Å². The lowest BCUT2D eigenvalue weighted by Crippen LogP contribution is -2.44. The van der Waals surface area contributed by atoms with Crippen LogP contribution in [0.25, 0.3) is 11.0 Å². The first-order chi connectivity index (χ1) is 21.6. The van der Waals surface area contributed by atoms with Gasteiger partial charge in [-0.3, -0.25) is 9.36 Å². The predicted octanol–water partition coefficient (Wildman–Crippen LogP) is 4.96. The average Bonchev–Trinajstić information content (AvgIpc) is 3.56. The number of pyridine rings is 1. The van der Waals surface area contributed by atoms with Crippen molar-refractivity contribution in [2.45, 2.75) is 88.2 Å². The third-order valence-electron chi connectivity index (χ3n) is 9.95. The van der Waals surface area contributed by atoms with Crippen molar-refractivity contribution in [3.05, 3.63) is 52.4 Å². The number of piperidine rings is 1. The van der Waals surface area contributed by atoms with Crippen molar-refractivity contribution in [2.24, 2.45) is 5.41 Å². The van der Waals surface area contributed by atoms with Crippen molar-refractivity contribution < 1.29 is 23.1 Å². The maximum absolute atomic E-state index is 13.0. The summed E-state index contributed by atoms with van der Waals surface area (Å²) in [6.45, 7) is 3.47. The molecule has 3 aliphatic rings. The molecule has 1 saturated heterocycles. The lowest BCUT2D eigenvalue weighted by Gasteiger charge is -2.45. The molecule has 1 spiro atoms. The number of amides is 1. The number of carbonyl (C=O) groups is 1. The SMILES string of the molecule is Cc1cc(S(=O)(=O)NCCOC2CCC3(CC2)CCN(C(=O)O)CC3)ccc1Nc1ncc2ccc(=O)n(C3CCCC3)c2n1. The van der Waals surface area contributed by atoms with E-state index in [0.29, 0.717) is 35.9 Å². The molecule has 2 aromatic heterocycles. The largest absolute Gasteiger partial charge is 0.465 e. The standard InChI is InChI=1S/C32H42N6O6S/c1-22-20-26(45(42,43)34-16-19-44-25-10-12-32(13-11-25)14-17-37(18-15-32)31(40)41)7-8-27(22)35-30-33-21-23-6-9-28(39)38(29(23)36-30)24-4-2-3-5-24/h6-9,20-21,24-25,34H,2-5,10-19H2,1H3,(H,40,41)(H,33,35,36). The van der Waals surface area contributed by atoms with Gasteiger partial charge in [-0.05, 0) is 93.5 Å². The summed E-state index contributed by atoms with van der Waals surface area (Å²) in [4.78, 5) is 34.7. The quantitative estimate of drug-likeness (QED) is 0.276. The van der Waals surface area contributed by atoms with Crippen LogP contribution in [0.5, 0.6) is 0 Å². The number of likely N-dealkylation sites (tertiary alicyclic amines) is 1. The number of ether oxygens (including phenoxy) is 1. The van der Waals surface area contributed by atoms with E-state index in [0.717, 1.165) is 69.6 Å². The van der Waals surface area contributed by atoms with Gasteiger partial charge in [-0.25, -0.2) is 22.9 Å². The number of benzene rings is 1. The van der Waals surface area contributed by atoms with Gasteiger partial charge in [0.15, 0.2) is 0 Å². The molecule has 3 N–H and O–H groups in total. The van der Waals surface area contributed by atoms with E-state index >= 15 is 0 Å². The lowest BCUT2D eigenvalue weighted by atomic mass is 9.67. The summed E-state index contributed by atoms with van der Waals surface area (Å²) < 4.78 is 36.5. The van der Waals surface area contributed by atoms with E-state index in [9.17, 15) is 23.1 Å². The van der Waals surface area contributed by atoms with Crippen molar-refractivity contribution in [1.82, 2.24) is 24.2 Å². The second-order valence-electron chi connectivity index (χ2n) is 12.8. The summed E-state index contributed by atoms with van der Waals surface area (Å²) in [5, 5.41) is 13.2. The number of rotatable bonds is 9. The van der Waals surface area contributed by atoms with Gasteiger partial charge in [0.05, 0.1) is 17.6 Å². The lowest BCUT2D eigenvalue weighted by molar-refractivity contribution is -0.0195. The Morgan fingerprint density at radius 3 is 2.49 bits per heavy atom. The third kappa shape index (κ3) is 7.00. The Bertz CT molecular complexity index is 1700. The monoisotopic (exact) mass is 638 g/mol. The zero-order valence-electron chi connectivity index (χ0n) is 25.7.